The minimum Gasteiger partial charge on any atom is -0.337 e. The second-order valence-electron chi connectivity index (χ2n) is 6.70. The van der Waals surface area contributed by atoms with Crippen LogP contribution in [0.25, 0.3) is 0 Å². The van der Waals surface area contributed by atoms with E-state index in [4.69, 9.17) is 0 Å². The molecule has 0 bridgehead atoms. The molecule has 1 saturated carbocycles. The molecule has 1 aromatic carbocycles. The first kappa shape index (κ1) is 16.8. The number of carbonyl (C=O) groups excluding carboxylic acids is 2. The molecule has 1 heterocycles. The van der Waals surface area contributed by atoms with Crippen LogP contribution in [0.5, 0.6) is 0 Å². The van der Waals surface area contributed by atoms with Crippen LogP contribution in [0.4, 0.5) is 4.79 Å². The number of likely N-dealkylation sites (N-methyl/N-ethyl adjacent to an activating group) is 1. The Morgan fingerprint density at radius 1 is 1.25 bits per heavy atom. The number of urea groups is 1. The zero-order valence-electron chi connectivity index (χ0n) is 14.3. The average molecular weight is 330 g/mol. The zero-order chi connectivity index (χ0) is 16.9. The van der Waals surface area contributed by atoms with Crippen molar-refractivity contribution >= 4 is 11.9 Å². The van der Waals surface area contributed by atoms with Crippen LogP contribution in [0, 0.1) is 0 Å². The van der Waals surface area contributed by atoms with Crippen LogP contribution in [0.1, 0.15) is 18.4 Å². The van der Waals surface area contributed by atoms with Gasteiger partial charge in [-0.1, -0.05) is 30.3 Å². The van der Waals surface area contributed by atoms with Gasteiger partial charge in [-0.3, -0.25) is 4.79 Å². The first-order chi connectivity index (χ1) is 11.6. The summed E-state index contributed by atoms with van der Waals surface area (Å²) >= 11 is 0. The molecule has 1 saturated heterocycles. The van der Waals surface area contributed by atoms with E-state index in [0.717, 1.165) is 25.9 Å². The summed E-state index contributed by atoms with van der Waals surface area (Å²) in [5.74, 6) is 0.0834. The summed E-state index contributed by atoms with van der Waals surface area (Å²) in [7, 11) is 2.04. The molecule has 1 aliphatic carbocycles. The third-order valence-electron chi connectivity index (χ3n) is 4.60. The standard InChI is InChI=1S/C18H26N4O2/c1-20(13-15-5-3-2-4-6-15)10-9-19-18(24)21-11-12-22(16-7-8-16)17(23)14-21/h2-6,16H,7-14H2,1H3,(H,19,24). The van der Waals surface area contributed by atoms with Crippen molar-refractivity contribution in [3.63, 3.8) is 0 Å². The SMILES string of the molecule is CN(CCNC(=O)N1CCN(C2CC2)C(=O)C1)Cc1ccccc1. The lowest BCUT2D eigenvalue weighted by molar-refractivity contribution is -0.135. The maximum atomic E-state index is 12.2. The van der Waals surface area contributed by atoms with E-state index in [-0.39, 0.29) is 18.5 Å². The quantitative estimate of drug-likeness (QED) is 0.851. The summed E-state index contributed by atoms with van der Waals surface area (Å²) in [6.45, 7) is 3.73. The van der Waals surface area contributed by atoms with Gasteiger partial charge in [0, 0.05) is 38.8 Å². The number of rotatable bonds is 6. The van der Waals surface area contributed by atoms with Gasteiger partial charge in [0.05, 0.1) is 0 Å². The Morgan fingerprint density at radius 3 is 2.67 bits per heavy atom. The zero-order valence-corrected chi connectivity index (χ0v) is 14.3. The maximum Gasteiger partial charge on any atom is 0.317 e. The summed E-state index contributed by atoms with van der Waals surface area (Å²) in [5, 5.41) is 2.92. The molecule has 0 aromatic heterocycles. The Hall–Kier alpha value is -2.08. The van der Waals surface area contributed by atoms with Crippen molar-refractivity contribution in [3.05, 3.63) is 35.9 Å². The Bertz CT molecular complexity index is 574. The third-order valence-corrected chi connectivity index (χ3v) is 4.60. The van der Waals surface area contributed by atoms with E-state index in [1.54, 1.807) is 4.90 Å². The molecular formula is C18H26N4O2. The molecule has 0 spiro atoms. The van der Waals surface area contributed by atoms with Gasteiger partial charge in [-0.05, 0) is 25.5 Å². The van der Waals surface area contributed by atoms with Gasteiger partial charge in [-0.2, -0.15) is 0 Å². The highest BCUT2D eigenvalue weighted by atomic mass is 16.2. The Morgan fingerprint density at radius 2 is 2.00 bits per heavy atom. The molecule has 2 fully saturated rings. The van der Waals surface area contributed by atoms with Crippen molar-refractivity contribution in [1.29, 1.82) is 0 Å². The van der Waals surface area contributed by atoms with Gasteiger partial charge in [-0.25, -0.2) is 4.79 Å². The van der Waals surface area contributed by atoms with Gasteiger partial charge in [-0.15, -0.1) is 0 Å². The minimum absolute atomic E-state index is 0.0834. The predicted octanol–water partition coefficient (Wildman–Crippen LogP) is 1.13. The fourth-order valence-electron chi connectivity index (χ4n) is 3.07. The summed E-state index contributed by atoms with van der Waals surface area (Å²) in [4.78, 5) is 30.0. The van der Waals surface area contributed by atoms with Gasteiger partial charge in [0.15, 0.2) is 0 Å². The van der Waals surface area contributed by atoms with Crippen LogP contribution in [0.3, 0.4) is 0 Å². The summed E-state index contributed by atoms with van der Waals surface area (Å²) in [6.07, 6.45) is 2.23. The number of nitrogens with one attached hydrogen (secondary N) is 1. The largest absolute Gasteiger partial charge is 0.337 e. The molecule has 1 aliphatic heterocycles. The number of hydrogen-bond donors (Lipinski definition) is 1. The highest BCUT2D eigenvalue weighted by molar-refractivity contribution is 5.85. The molecule has 3 amide bonds. The number of amides is 3. The Kier molecular flexibility index (Phi) is 5.35. The van der Waals surface area contributed by atoms with E-state index < -0.39 is 0 Å². The van der Waals surface area contributed by atoms with Gasteiger partial charge in [0.2, 0.25) is 5.91 Å². The van der Waals surface area contributed by atoms with E-state index in [2.05, 4.69) is 22.3 Å². The topological polar surface area (TPSA) is 55.9 Å². The fourth-order valence-corrected chi connectivity index (χ4v) is 3.07. The first-order valence-corrected chi connectivity index (χ1v) is 8.68. The fraction of sp³-hybridized carbons (Fsp3) is 0.556. The van der Waals surface area contributed by atoms with Crippen LogP contribution in [-0.4, -0.2) is 72.5 Å². The second-order valence-corrected chi connectivity index (χ2v) is 6.70. The number of piperazine rings is 1. The monoisotopic (exact) mass is 330 g/mol. The molecule has 3 rings (SSSR count). The van der Waals surface area contributed by atoms with Gasteiger partial charge in [0.25, 0.3) is 0 Å². The van der Waals surface area contributed by atoms with Gasteiger partial charge < -0.3 is 20.0 Å². The van der Waals surface area contributed by atoms with Crippen molar-refractivity contribution in [2.75, 3.05) is 39.8 Å². The molecule has 2 aliphatic rings. The molecule has 0 radical (unpaired) electrons. The van der Waals surface area contributed by atoms with E-state index >= 15 is 0 Å². The van der Waals surface area contributed by atoms with Crippen molar-refractivity contribution < 1.29 is 9.59 Å². The van der Waals surface area contributed by atoms with Gasteiger partial charge in [0.1, 0.15) is 6.54 Å². The summed E-state index contributed by atoms with van der Waals surface area (Å²) in [5.41, 5.74) is 1.26. The van der Waals surface area contributed by atoms with Crippen molar-refractivity contribution in [2.24, 2.45) is 0 Å². The highest BCUT2D eigenvalue weighted by Gasteiger charge is 2.36. The lowest BCUT2D eigenvalue weighted by atomic mass is 10.2. The molecule has 0 atom stereocenters. The molecule has 0 unspecified atom stereocenters. The lowest BCUT2D eigenvalue weighted by Crippen LogP contribution is -2.55. The molecule has 1 N–H and O–H groups in total. The number of carbonyl (C=O) groups is 2. The first-order valence-electron chi connectivity index (χ1n) is 8.68. The molecule has 130 valence electrons. The second kappa shape index (κ2) is 7.66. The van der Waals surface area contributed by atoms with E-state index in [9.17, 15) is 9.59 Å². The predicted molar refractivity (Wildman–Crippen MR) is 92.5 cm³/mol. The number of benzene rings is 1. The molecule has 6 nitrogen and oxygen atoms in total. The molecule has 24 heavy (non-hydrogen) atoms. The van der Waals surface area contributed by atoms with Crippen LogP contribution >= 0.6 is 0 Å². The van der Waals surface area contributed by atoms with Crippen molar-refractivity contribution in [2.45, 2.75) is 25.4 Å². The van der Waals surface area contributed by atoms with E-state index in [0.29, 0.717) is 25.7 Å². The minimum atomic E-state index is -0.132. The van der Waals surface area contributed by atoms with Crippen molar-refractivity contribution in [3.8, 4) is 0 Å². The molecule has 1 aromatic rings. The normalized spacial score (nSPS) is 18.2. The summed E-state index contributed by atoms with van der Waals surface area (Å²) < 4.78 is 0. The van der Waals surface area contributed by atoms with E-state index in [1.165, 1.54) is 5.56 Å². The third kappa shape index (κ3) is 4.47. The van der Waals surface area contributed by atoms with Crippen LogP contribution in [0.2, 0.25) is 0 Å². The highest BCUT2D eigenvalue weighted by Crippen LogP contribution is 2.27. The Labute approximate surface area is 143 Å². The van der Waals surface area contributed by atoms with Gasteiger partial charge >= 0.3 is 6.03 Å². The Balaban J connectivity index is 1.35. The van der Waals surface area contributed by atoms with Crippen molar-refractivity contribution in [1.82, 2.24) is 20.0 Å². The average Bonchev–Trinajstić information content (AvgIpc) is 3.40. The molecule has 6 heteroatoms. The van der Waals surface area contributed by atoms with Crippen LogP contribution in [-0.2, 0) is 11.3 Å². The summed E-state index contributed by atoms with van der Waals surface area (Å²) in [6, 6.07) is 10.6. The van der Waals surface area contributed by atoms with E-state index in [1.807, 2.05) is 30.1 Å². The number of hydrogen-bond acceptors (Lipinski definition) is 3. The van der Waals surface area contributed by atoms with Crippen LogP contribution < -0.4 is 5.32 Å². The number of nitrogens with zero attached hydrogens (tertiary/aromatic N) is 3. The smallest absolute Gasteiger partial charge is 0.317 e. The lowest BCUT2D eigenvalue weighted by Gasteiger charge is -2.34. The molecular weight excluding hydrogens is 304 g/mol. The van der Waals surface area contributed by atoms with Crippen LogP contribution in [0.15, 0.2) is 30.3 Å². The maximum absolute atomic E-state index is 12.2.